The van der Waals surface area contributed by atoms with Crippen LogP contribution in [0.15, 0.2) is 29.1 Å². The Hall–Kier alpha value is -2.04. The lowest BCUT2D eigenvalue weighted by Gasteiger charge is -2.17. The number of benzene rings is 1. The predicted molar refractivity (Wildman–Crippen MR) is 79.6 cm³/mol. The maximum atomic E-state index is 11.8. The van der Waals surface area contributed by atoms with Gasteiger partial charge in [0.1, 0.15) is 0 Å². The van der Waals surface area contributed by atoms with E-state index in [1.807, 2.05) is 45.0 Å². The highest BCUT2D eigenvalue weighted by atomic mass is 16.2. The molecular weight excluding hydrogens is 254 g/mol. The fraction of sp³-hybridized carbons (Fsp3) is 0.467. The Morgan fingerprint density at radius 2 is 2.00 bits per heavy atom. The van der Waals surface area contributed by atoms with Gasteiger partial charge < -0.3 is 10.3 Å². The number of hydrogen-bond donors (Lipinski definition) is 2. The minimum Gasteiger partial charge on any atom is -0.356 e. The zero-order chi connectivity index (χ0) is 14.8. The largest absolute Gasteiger partial charge is 0.356 e. The van der Waals surface area contributed by atoms with Crippen LogP contribution in [0.25, 0.3) is 11.0 Å². The number of amides is 1. The lowest BCUT2D eigenvalue weighted by atomic mass is 9.96. The van der Waals surface area contributed by atoms with E-state index in [-0.39, 0.29) is 17.0 Å². The molecule has 1 amide bonds. The van der Waals surface area contributed by atoms with Gasteiger partial charge in [-0.2, -0.15) is 0 Å². The molecule has 0 aliphatic rings. The van der Waals surface area contributed by atoms with E-state index in [1.54, 1.807) is 4.57 Å². The lowest BCUT2D eigenvalue weighted by molar-refractivity contribution is -0.128. The molecule has 0 fully saturated rings. The van der Waals surface area contributed by atoms with Crippen LogP contribution in [0.4, 0.5) is 0 Å². The number of imidazole rings is 1. The minimum atomic E-state index is -0.377. The Morgan fingerprint density at radius 3 is 2.70 bits per heavy atom. The Balaban J connectivity index is 1.96. The van der Waals surface area contributed by atoms with Gasteiger partial charge in [0.15, 0.2) is 0 Å². The molecule has 1 aromatic carbocycles. The van der Waals surface area contributed by atoms with E-state index < -0.39 is 0 Å². The molecule has 0 saturated carbocycles. The summed E-state index contributed by atoms with van der Waals surface area (Å²) in [5, 5.41) is 2.89. The zero-order valence-electron chi connectivity index (χ0n) is 12.2. The highest BCUT2D eigenvalue weighted by Crippen LogP contribution is 2.12. The molecule has 0 aliphatic heterocycles. The van der Waals surface area contributed by atoms with Crippen LogP contribution in [0.3, 0.4) is 0 Å². The van der Waals surface area contributed by atoms with E-state index in [1.165, 1.54) is 0 Å². The van der Waals surface area contributed by atoms with Crippen molar-refractivity contribution in [3.05, 3.63) is 34.7 Å². The van der Waals surface area contributed by atoms with Crippen molar-refractivity contribution in [3.63, 3.8) is 0 Å². The van der Waals surface area contributed by atoms with E-state index in [4.69, 9.17) is 0 Å². The third-order valence-electron chi connectivity index (χ3n) is 3.21. The van der Waals surface area contributed by atoms with Crippen molar-refractivity contribution in [2.75, 3.05) is 6.54 Å². The van der Waals surface area contributed by atoms with Gasteiger partial charge in [-0.3, -0.25) is 9.36 Å². The van der Waals surface area contributed by atoms with Gasteiger partial charge >= 0.3 is 5.69 Å². The summed E-state index contributed by atoms with van der Waals surface area (Å²) in [6.45, 7) is 6.81. The van der Waals surface area contributed by atoms with Crippen LogP contribution in [0, 0.1) is 5.41 Å². The lowest BCUT2D eigenvalue weighted by Crippen LogP contribution is -2.35. The first-order valence-electron chi connectivity index (χ1n) is 6.85. The highest BCUT2D eigenvalue weighted by Gasteiger charge is 2.20. The number of aryl methyl sites for hydroxylation is 1. The monoisotopic (exact) mass is 275 g/mol. The summed E-state index contributed by atoms with van der Waals surface area (Å²) in [7, 11) is 0. The van der Waals surface area contributed by atoms with Crippen molar-refractivity contribution in [1.29, 1.82) is 0 Å². The van der Waals surface area contributed by atoms with Crippen molar-refractivity contribution in [2.24, 2.45) is 5.41 Å². The number of aromatic nitrogens is 2. The maximum Gasteiger partial charge on any atom is 0.326 e. The molecule has 1 heterocycles. The van der Waals surface area contributed by atoms with Gasteiger partial charge in [-0.15, -0.1) is 0 Å². The van der Waals surface area contributed by atoms with E-state index >= 15 is 0 Å². The van der Waals surface area contributed by atoms with Gasteiger partial charge in [-0.1, -0.05) is 32.9 Å². The van der Waals surface area contributed by atoms with E-state index in [2.05, 4.69) is 10.3 Å². The summed E-state index contributed by atoms with van der Waals surface area (Å²) in [5.74, 6) is 0.0313. The summed E-state index contributed by atoms with van der Waals surface area (Å²) in [4.78, 5) is 26.4. The Morgan fingerprint density at radius 1 is 1.30 bits per heavy atom. The van der Waals surface area contributed by atoms with Gasteiger partial charge in [-0.05, 0) is 18.6 Å². The Labute approximate surface area is 118 Å². The van der Waals surface area contributed by atoms with Crippen LogP contribution < -0.4 is 11.0 Å². The number of fused-ring (bicyclic) bond motifs is 1. The normalized spacial score (nSPS) is 11.8. The average Bonchev–Trinajstić information content (AvgIpc) is 2.69. The van der Waals surface area contributed by atoms with Crippen molar-refractivity contribution in [1.82, 2.24) is 14.9 Å². The fourth-order valence-corrected chi connectivity index (χ4v) is 2.03. The van der Waals surface area contributed by atoms with Crippen LogP contribution >= 0.6 is 0 Å². The van der Waals surface area contributed by atoms with Crippen molar-refractivity contribution in [3.8, 4) is 0 Å². The number of aromatic amines is 1. The summed E-state index contributed by atoms with van der Waals surface area (Å²) in [5.41, 5.74) is 1.27. The number of rotatable bonds is 4. The molecule has 0 bridgehead atoms. The minimum absolute atomic E-state index is 0.0313. The van der Waals surface area contributed by atoms with Gasteiger partial charge in [0.2, 0.25) is 5.91 Å². The second kappa shape index (κ2) is 5.53. The van der Waals surface area contributed by atoms with Gasteiger partial charge in [0, 0.05) is 18.5 Å². The van der Waals surface area contributed by atoms with E-state index in [0.29, 0.717) is 13.1 Å². The SMILES string of the molecule is CC(C)(C)C(=O)NCCCn1c(=O)[nH]c2ccccc21. The first-order chi connectivity index (χ1) is 9.39. The molecule has 2 rings (SSSR count). The first kappa shape index (κ1) is 14.4. The molecule has 0 radical (unpaired) electrons. The highest BCUT2D eigenvalue weighted by molar-refractivity contribution is 5.81. The van der Waals surface area contributed by atoms with Crippen LogP contribution in [0.2, 0.25) is 0 Å². The quantitative estimate of drug-likeness (QED) is 0.837. The van der Waals surface area contributed by atoms with Gasteiger partial charge in [0.05, 0.1) is 11.0 Å². The molecule has 108 valence electrons. The first-order valence-corrected chi connectivity index (χ1v) is 6.85. The summed E-state index contributed by atoms with van der Waals surface area (Å²) >= 11 is 0. The maximum absolute atomic E-state index is 11.8. The number of hydrogen-bond acceptors (Lipinski definition) is 2. The molecule has 5 heteroatoms. The second-order valence-electron chi connectivity index (χ2n) is 5.96. The zero-order valence-corrected chi connectivity index (χ0v) is 12.2. The standard InChI is InChI=1S/C15H21N3O2/c1-15(2,3)13(19)16-9-6-10-18-12-8-5-4-7-11(12)17-14(18)20/h4-5,7-8H,6,9-10H2,1-3H3,(H,16,19)(H,17,20). The Kier molecular flexibility index (Phi) is 3.97. The van der Waals surface area contributed by atoms with Crippen LogP contribution in [0.5, 0.6) is 0 Å². The van der Waals surface area contributed by atoms with Crippen LogP contribution in [-0.4, -0.2) is 22.0 Å². The summed E-state index contributed by atoms with van der Waals surface area (Å²) in [6, 6.07) is 7.61. The number of H-pyrrole nitrogens is 1. The Bertz CT molecular complexity index is 662. The molecule has 0 atom stereocenters. The summed E-state index contributed by atoms with van der Waals surface area (Å²) < 4.78 is 1.71. The molecule has 20 heavy (non-hydrogen) atoms. The number of carbonyl (C=O) groups is 1. The molecule has 2 aromatic rings. The van der Waals surface area contributed by atoms with E-state index in [9.17, 15) is 9.59 Å². The molecule has 1 aromatic heterocycles. The number of carbonyl (C=O) groups excluding carboxylic acids is 1. The molecular formula is C15H21N3O2. The molecule has 0 unspecified atom stereocenters. The van der Waals surface area contributed by atoms with Crippen molar-refractivity contribution < 1.29 is 4.79 Å². The van der Waals surface area contributed by atoms with Crippen molar-refractivity contribution in [2.45, 2.75) is 33.7 Å². The molecule has 0 aliphatic carbocycles. The second-order valence-corrected chi connectivity index (χ2v) is 5.96. The fourth-order valence-electron chi connectivity index (χ4n) is 2.03. The number of para-hydroxylation sites is 2. The molecule has 0 saturated heterocycles. The van der Waals surface area contributed by atoms with E-state index in [0.717, 1.165) is 17.5 Å². The third kappa shape index (κ3) is 3.10. The number of nitrogens with one attached hydrogen (secondary N) is 2. The topological polar surface area (TPSA) is 66.9 Å². The van der Waals surface area contributed by atoms with Crippen LogP contribution in [-0.2, 0) is 11.3 Å². The summed E-state index contributed by atoms with van der Waals surface area (Å²) in [6.07, 6.45) is 0.726. The smallest absolute Gasteiger partial charge is 0.326 e. The van der Waals surface area contributed by atoms with Crippen molar-refractivity contribution >= 4 is 16.9 Å². The van der Waals surface area contributed by atoms with Gasteiger partial charge in [-0.25, -0.2) is 4.79 Å². The molecule has 5 nitrogen and oxygen atoms in total. The predicted octanol–water partition coefficient (Wildman–Crippen LogP) is 1.88. The average molecular weight is 275 g/mol. The molecule has 2 N–H and O–H groups in total. The molecule has 0 spiro atoms. The van der Waals surface area contributed by atoms with Crippen LogP contribution in [0.1, 0.15) is 27.2 Å². The van der Waals surface area contributed by atoms with Gasteiger partial charge in [0.25, 0.3) is 0 Å². The third-order valence-corrected chi connectivity index (χ3v) is 3.21. The number of nitrogens with zero attached hydrogens (tertiary/aromatic N) is 1.